The lowest BCUT2D eigenvalue weighted by molar-refractivity contribution is -0.385. The first-order valence-electron chi connectivity index (χ1n) is 5.66. The zero-order valence-electron chi connectivity index (χ0n) is 9.56. The van der Waals surface area contributed by atoms with E-state index in [0.29, 0.717) is 12.5 Å². The summed E-state index contributed by atoms with van der Waals surface area (Å²) in [5.74, 6) is 0.0169. The molecule has 18 heavy (non-hydrogen) atoms. The number of aromatic nitrogens is 1. The minimum absolute atomic E-state index is 0.0423. The molecule has 0 aromatic carbocycles. The van der Waals surface area contributed by atoms with E-state index in [1.165, 1.54) is 12.5 Å². The molecule has 0 saturated heterocycles. The Morgan fingerprint density at radius 3 is 2.89 bits per heavy atom. The maximum absolute atomic E-state index is 11.9. The molecule has 1 aromatic rings. The number of nitrogens with zero attached hydrogens (tertiary/aromatic N) is 2. The lowest BCUT2D eigenvalue weighted by Crippen LogP contribution is -2.32. The van der Waals surface area contributed by atoms with Gasteiger partial charge in [0, 0.05) is 6.54 Å². The van der Waals surface area contributed by atoms with Crippen molar-refractivity contribution in [2.45, 2.75) is 19.3 Å². The molecule has 1 saturated carbocycles. The van der Waals surface area contributed by atoms with Crippen molar-refractivity contribution in [3.05, 3.63) is 33.1 Å². The van der Waals surface area contributed by atoms with Gasteiger partial charge in [0.25, 0.3) is 11.6 Å². The second kappa shape index (κ2) is 5.30. The molecule has 1 fully saturated rings. The van der Waals surface area contributed by atoms with Crippen LogP contribution in [0.15, 0.2) is 12.3 Å². The van der Waals surface area contributed by atoms with Gasteiger partial charge in [0.15, 0.2) is 0 Å². The summed E-state index contributed by atoms with van der Waals surface area (Å²) < 4.78 is 0. The second-order valence-electron chi connectivity index (χ2n) is 4.29. The molecule has 1 heterocycles. The van der Waals surface area contributed by atoms with E-state index in [2.05, 4.69) is 10.3 Å². The van der Waals surface area contributed by atoms with Crippen molar-refractivity contribution < 1.29 is 9.72 Å². The van der Waals surface area contributed by atoms with Gasteiger partial charge in [0.1, 0.15) is 16.9 Å². The number of pyridine rings is 1. The van der Waals surface area contributed by atoms with Crippen molar-refractivity contribution in [2.24, 2.45) is 5.92 Å². The van der Waals surface area contributed by atoms with Gasteiger partial charge >= 0.3 is 0 Å². The monoisotopic (exact) mass is 269 g/mol. The summed E-state index contributed by atoms with van der Waals surface area (Å²) in [6.45, 7) is 0.552. The van der Waals surface area contributed by atoms with E-state index in [1.807, 2.05) is 0 Å². The Bertz CT molecular complexity index is 488. The van der Waals surface area contributed by atoms with Gasteiger partial charge in [-0.2, -0.15) is 0 Å². The lowest BCUT2D eigenvalue weighted by atomic mass is 9.85. The number of hydrogen-bond acceptors (Lipinski definition) is 4. The van der Waals surface area contributed by atoms with Crippen LogP contribution in [0.2, 0.25) is 5.15 Å². The average molecular weight is 270 g/mol. The molecular weight excluding hydrogens is 258 g/mol. The van der Waals surface area contributed by atoms with Crippen molar-refractivity contribution in [2.75, 3.05) is 6.54 Å². The van der Waals surface area contributed by atoms with Crippen molar-refractivity contribution in [1.82, 2.24) is 10.3 Å². The quantitative estimate of drug-likeness (QED) is 0.516. The van der Waals surface area contributed by atoms with Crippen molar-refractivity contribution in [1.29, 1.82) is 0 Å². The fourth-order valence-electron chi connectivity index (χ4n) is 1.78. The number of nitrogens with one attached hydrogen (secondary N) is 1. The Hall–Kier alpha value is -1.69. The Balaban J connectivity index is 2.11. The number of hydrogen-bond donors (Lipinski definition) is 1. The summed E-state index contributed by atoms with van der Waals surface area (Å²) in [6.07, 6.45) is 4.38. The van der Waals surface area contributed by atoms with Gasteiger partial charge in [-0.05, 0) is 24.8 Å². The molecule has 0 bridgehead atoms. The number of carbonyl (C=O) groups is 1. The zero-order valence-corrected chi connectivity index (χ0v) is 10.3. The van der Waals surface area contributed by atoms with E-state index in [-0.39, 0.29) is 16.4 Å². The van der Waals surface area contributed by atoms with Crippen LogP contribution in [0, 0.1) is 16.0 Å². The standard InChI is InChI=1S/C11H12ClN3O3/c12-10-4-8(9(6-13-10)15(17)18)11(16)14-5-7-2-1-3-7/h4,6-7H,1-3,5H2,(H,14,16). The van der Waals surface area contributed by atoms with Gasteiger partial charge < -0.3 is 5.32 Å². The molecule has 1 N–H and O–H groups in total. The first kappa shape index (κ1) is 12.8. The lowest BCUT2D eigenvalue weighted by Gasteiger charge is -2.25. The Labute approximate surface area is 109 Å². The molecule has 0 atom stereocenters. The third-order valence-corrected chi connectivity index (χ3v) is 3.27. The zero-order chi connectivity index (χ0) is 13.1. The number of rotatable bonds is 4. The normalized spacial score (nSPS) is 14.9. The molecule has 1 aliphatic rings. The van der Waals surface area contributed by atoms with Crippen LogP contribution in [0.25, 0.3) is 0 Å². The molecule has 1 aliphatic carbocycles. The van der Waals surface area contributed by atoms with Crippen LogP contribution in [0.3, 0.4) is 0 Å². The van der Waals surface area contributed by atoms with Gasteiger partial charge in [-0.3, -0.25) is 14.9 Å². The summed E-state index contributed by atoms with van der Waals surface area (Å²) in [5, 5.41) is 13.5. The molecule has 7 heteroatoms. The SMILES string of the molecule is O=C(NCC1CCC1)c1cc(Cl)ncc1[N+](=O)[O-]. The number of nitro groups is 1. The molecule has 0 spiro atoms. The molecular formula is C11H12ClN3O3. The highest BCUT2D eigenvalue weighted by Crippen LogP contribution is 2.26. The van der Waals surface area contributed by atoms with Gasteiger partial charge in [0.05, 0.1) is 4.92 Å². The Kier molecular flexibility index (Phi) is 3.76. The van der Waals surface area contributed by atoms with E-state index >= 15 is 0 Å². The molecule has 0 radical (unpaired) electrons. The molecule has 1 aromatic heterocycles. The summed E-state index contributed by atoms with van der Waals surface area (Å²) in [7, 11) is 0. The second-order valence-corrected chi connectivity index (χ2v) is 4.68. The summed E-state index contributed by atoms with van der Waals surface area (Å²) in [5.41, 5.74) is -0.371. The maximum atomic E-state index is 11.9. The van der Waals surface area contributed by atoms with Crippen molar-refractivity contribution >= 4 is 23.2 Å². The van der Waals surface area contributed by atoms with Crippen LogP contribution in [0.5, 0.6) is 0 Å². The summed E-state index contributed by atoms with van der Waals surface area (Å²) >= 11 is 5.65. The van der Waals surface area contributed by atoms with Crippen LogP contribution in [0.4, 0.5) is 5.69 Å². The number of halogens is 1. The molecule has 96 valence electrons. The fourth-order valence-corrected chi connectivity index (χ4v) is 1.94. The Morgan fingerprint density at radius 1 is 1.61 bits per heavy atom. The van der Waals surface area contributed by atoms with Crippen LogP contribution in [0.1, 0.15) is 29.6 Å². The van der Waals surface area contributed by atoms with Crippen LogP contribution in [-0.4, -0.2) is 22.4 Å². The highest BCUT2D eigenvalue weighted by molar-refractivity contribution is 6.29. The summed E-state index contributed by atoms with van der Waals surface area (Å²) in [6, 6.07) is 1.22. The van der Waals surface area contributed by atoms with Crippen molar-refractivity contribution in [3.8, 4) is 0 Å². The average Bonchev–Trinajstić information content (AvgIpc) is 2.26. The van der Waals surface area contributed by atoms with Gasteiger partial charge in [-0.15, -0.1) is 0 Å². The minimum Gasteiger partial charge on any atom is -0.352 e. The number of amides is 1. The number of carbonyl (C=O) groups excluding carboxylic acids is 1. The van der Waals surface area contributed by atoms with E-state index in [0.717, 1.165) is 19.0 Å². The third kappa shape index (κ3) is 2.76. The van der Waals surface area contributed by atoms with E-state index in [9.17, 15) is 14.9 Å². The van der Waals surface area contributed by atoms with Gasteiger partial charge in [-0.25, -0.2) is 4.98 Å². The van der Waals surface area contributed by atoms with Crippen LogP contribution in [-0.2, 0) is 0 Å². The molecule has 6 nitrogen and oxygen atoms in total. The highest BCUT2D eigenvalue weighted by Gasteiger charge is 2.23. The first-order valence-corrected chi connectivity index (χ1v) is 6.04. The highest BCUT2D eigenvalue weighted by atomic mass is 35.5. The van der Waals surface area contributed by atoms with Crippen LogP contribution < -0.4 is 5.32 Å². The Morgan fingerprint density at radius 2 is 2.33 bits per heavy atom. The third-order valence-electron chi connectivity index (χ3n) is 3.07. The molecule has 2 rings (SSSR count). The molecule has 0 unspecified atom stereocenters. The van der Waals surface area contributed by atoms with Crippen LogP contribution >= 0.6 is 11.6 Å². The fraction of sp³-hybridized carbons (Fsp3) is 0.455. The minimum atomic E-state index is -0.637. The maximum Gasteiger partial charge on any atom is 0.300 e. The predicted octanol–water partition coefficient (Wildman–Crippen LogP) is 2.17. The molecule has 1 amide bonds. The van der Waals surface area contributed by atoms with E-state index < -0.39 is 10.8 Å². The van der Waals surface area contributed by atoms with Gasteiger partial charge in [-0.1, -0.05) is 18.0 Å². The van der Waals surface area contributed by atoms with Gasteiger partial charge in [0.2, 0.25) is 0 Å². The molecule has 0 aliphatic heterocycles. The topological polar surface area (TPSA) is 85.1 Å². The smallest absolute Gasteiger partial charge is 0.300 e. The first-order chi connectivity index (χ1) is 8.58. The predicted molar refractivity (Wildman–Crippen MR) is 65.6 cm³/mol. The largest absolute Gasteiger partial charge is 0.352 e. The van der Waals surface area contributed by atoms with E-state index in [1.54, 1.807) is 0 Å². The summed E-state index contributed by atoms with van der Waals surface area (Å²) in [4.78, 5) is 25.6. The van der Waals surface area contributed by atoms with E-state index in [4.69, 9.17) is 11.6 Å². The van der Waals surface area contributed by atoms with Crippen molar-refractivity contribution in [3.63, 3.8) is 0 Å².